The van der Waals surface area contributed by atoms with Gasteiger partial charge in [0.15, 0.2) is 11.5 Å². The Hall–Kier alpha value is -3.28. The van der Waals surface area contributed by atoms with Crippen LogP contribution in [0.1, 0.15) is 42.6 Å². The summed E-state index contributed by atoms with van der Waals surface area (Å²) in [5.41, 5.74) is 6.99. The third-order valence-corrected chi connectivity index (χ3v) is 3.89. The minimum Gasteiger partial charge on any atom is -0.490 e. The molecule has 0 saturated heterocycles. The molecule has 6 heteroatoms. The van der Waals surface area contributed by atoms with Crippen LogP contribution in [0.25, 0.3) is 6.08 Å². The van der Waals surface area contributed by atoms with E-state index in [0.717, 1.165) is 18.4 Å². The number of ether oxygens (including phenoxy) is 2. The zero-order valence-corrected chi connectivity index (χ0v) is 16.2. The Balaban J connectivity index is 2.02. The van der Waals surface area contributed by atoms with Gasteiger partial charge < -0.3 is 20.5 Å². The molecule has 148 valence electrons. The van der Waals surface area contributed by atoms with Gasteiger partial charge in [0.1, 0.15) is 0 Å². The monoisotopic (exact) mass is 382 g/mol. The van der Waals surface area contributed by atoms with E-state index in [1.54, 1.807) is 30.3 Å². The molecule has 6 nitrogen and oxygen atoms in total. The Morgan fingerprint density at radius 2 is 1.79 bits per heavy atom. The number of unbranched alkanes of at least 4 members (excludes halogenated alkanes) is 1. The molecule has 0 fully saturated rings. The fraction of sp³-hybridized carbons (Fsp3) is 0.273. The van der Waals surface area contributed by atoms with Gasteiger partial charge in [0.25, 0.3) is 0 Å². The van der Waals surface area contributed by atoms with E-state index < -0.39 is 5.91 Å². The van der Waals surface area contributed by atoms with Gasteiger partial charge in [-0.2, -0.15) is 0 Å². The van der Waals surface area contributed by atoms with Crippen LogP contribution < -0.4 is 20.5 Å². The number of primary amides is 1. The molecular formula is C22H26N2O4. The van der Waals surface area contributed by atoms with Crippen molar-refractivity contribution in [3.63, 3.8) is 0 Å². The van der Waals surface area contributed by atoms with Crippen molar-refractivity contribution >= 4 is 23.6 Å². The maximum atomic E-state index is 12.1. The SMILES string of the molecule is CCCCOc1ccc(/C=C/C(=O)Nc2ccc(C(N)=O)cc2)cc1OCC. The largest absolute Gasteiger partial charge is 0.490 e. The molecule has 2 aromatic carbocycles. The molecule has 0 aromatic heterocycles. The lowest BCUT2D eigenvalue weighted by Crippen LogP contribution is -2.11. The average molecular weight is 382 g/mol. The predicted molar refractivity (Wildman–Crippen MR) is 111 cm³/mol. The molecule has 0 heterocycles. The molecule has 0 unspecified atom stereocenters. The smallest absolute Gasteiger partial charge is 0.248 e. The van der Waals surface area contributed by atoms with Gasteiger partial charge in [0.05, 0.1) is 13.2 Å². The fourth-order valence-electron chi connectivity index (χ4n) is 2.42. The topological polar surface area (TPSA) is 90.6 Å². The first kappa shape index (κ1) is 21.0. The van der Waals surface area contributed by atoms with Gasteiger partial charge in [0, 0.05) is 17.3 Å². The van der Waals surface area contributed by atoms with Crippen molar-refractivity contribution in [3.05, 3.63) is 59.7 Å². The van der Waals surface area contributed by atoms with Crippen molar-refractivity contribution < 1.29 is 19.1 Å². The van der Waals surface area contributed by atoms with E-state index in [1.807, 2.05) is 25.1 Å². The van der Waals surface area contributed by atoms with E-state index in [9.17, 15) is 9.59 Å². The van der Waals surface area contributed by atoms with Crippen LogP contribution in [0, 0.1) is 0 Å². The molecule has 0 spiro atoms. The van der Waals surface area contributed by atoms with Crippen LogP contribution in [0.3, 0.4) is 0 Å². The van der Waals surface area contributed by atoms with Gasteiger partial charge in [-0.25, -0.2) is 0 Å². The Kier molecular flexibility index (Phi) is 8.09. The molecular weight excluding hydrogens is 356 g/mol. The van der Waals surface area contributed by atoms with Crippen molar-refractivity contribution in [1.82, 2.24) is 0 Å². The molecule has 0 saturated carbocycles. The van der Waals surface area contributed by atoms with Crippen LogP contribution in [0.2, 0.25) is 0 Å². The van der Waals surface area contributed by atoms with Crippen molar-refractivity contribution in [1.29, 1.82) is 0 Å². The number of benzene rings is 2. The highest BCUT2D eigenvalue weighted by molar-refractivity contribution is 6.02. The molecule has 28 heavy (non-hydrogen) atoms. The second kappa shape index (κ2) is 10.8. The molecule has 0 radical (unpaired) electrons. The second-order valence-corrected chi connectivity index (χ2v) is 6.11. The molecule has 2 rings (SSSR count). The third kappa shape index (κ3) is 6.46. The number of anilines is 1. The molecule has 0 bridgehead atoms. The summed E-state index contributed by atoms with van der Waals surface area (Å²) >= 11 is 0. The molecule has 3 N–H and O–H groups in total. The lowest BCUT2D eigenvalue weighted by atomic mass is 10.1. The van der Waals surface area contributed by atoms with Crippen LogP contribution in [0.5, 0.6) is 11.5 Å². The van der Waals surface area contributed by atoms with Crippen molar-refractivity contribution in [2.75, 3.05) is 18.5 Å². The number of nitrogens with one attached hydrogen (secondary N) is 1. The van der Waals surface area contributed by atoms with Crippen LogP contribution in [0.4, 0.5) is 5.69 Å². The average Bonchev–Trinajstić information content (AvgIpc) is 2.68. The van der Waals surface area contributed by atoms with Gasteiger partial charge in [-0.3, -0.25) is 9.59 Å². The highest BCUT2D eigenvalue weighted by Gasteiger charge is 2.06. The highest BCUT2D eigenvalue weighted by atomic mass is 16.5. The van der Waals surface area contributed by atoms with Gasteiger partial charge in [-0.1, -0.05) is 19.4 Å². The molecule has 2 amide bonds. The Bertz CT molecular complexity index is 829. The lowest BCUT2D eigenvalue weighted by molar-refractivity contribution is -0.111. The summed E-state index contributed by atoms with van der Waals surface area (Å²) in [4.78, 5) is 23.2. The summed E-state index contributed by atoms with van der Waals surface area (Å²) in [5, 5.41) is 2.73. The summed E-state index contributed by atoms with van der Waals surface area (Å²) in [6.07, 6.45) is 5.18. The number of nitrogens with two attached hydrogens (primary N) is 1. The number of carbonyl (C=O) groups excluding carboxylic acids is 2. The molecule has 0 atom stereocenters. The van der Waals surface area contributed by atoms with E-state index in [-0.39, 0.29) is 5.91 Å². The first-order valence-electron chi connectivity index (χ1n) is 9.32. The molecule has 0 aliphatic rings. The maximum absolute atomic E-state index is 12.1. The predicted octanol–water partition coefficient (Wildman–Crippen LogP) is 4.02. The summed E-state index contributed by atoms with van der Waals surface area (Å²) in [7, 11) is 0. The maximum Gasteiger partial charge on any atom is 0.248 e. The Labute approximate surface area is 165 Å². The van der Waals surface area contributed by atoms with Gasteiger partial charge >= 0.3 is 0 Å². The minimum atomic E-state index is -0.509. The van der Waals surface area contributed by atoms with Gasteiger partial charge in [-0.05, 0) is 61.4 Å². The van der Waals surface area contributed by atoms with E-state index in [4.69, 9.17) is 15.2 Å². The lowest BCUT2D eigenvalue weighted by Gasteiger charge is -2.12. The van der Waals surface area contributed by atoms with Crippen LogP contribution in [-0.2, 0) is 4.79 Å². The fourth-order valence-corrected chi connectivity index (χ4v) is 2.42. The number of hydrogen-bond donors (Lipinski definition) is 2. The molecule has 0 aliphatic carbocycles. The van der Waals surface area contributed by atoms with Crippen LogP contribution in [-0.4, -0.2) is 25.0 Å². The van der Waals surface area contributed by atoms with Crippen molar-refractivity contribution in [3.8, 4) is 11.5 Å². The summed E-state index contributed by atoms with van der Waals surface area (Å²) in [6.45, 7) is 5.19. The number of carbonyl (C=O) groups is 2. The van der Waals surface area contributed by atoms with E-state index in [2.05, 4.69) is 12.2 Å². The Morgan fingerprint density at radius 3 is 2.43 bits per heavy atom. The standard InChI is InChI=1S/C22H26N2O4/c1-3-5-14-28-19-12-6-16(15-20(19)27-4-2)7-13-21(25)24-18-10-8-17(9-11-18)22(23)26/h6-13,15H,3-5,14H2,1-2H3,(H2,23,26)(H,24,25)/b13-7+. The van der Waals surface area contributed by atoms with Crippen molar-refractivity contribution in [2.45, 2.75) is 26.7 Å². The van der Waals surface area contributed by atoms with E-state index in [0.29, 0.717) is 36.0 Å². The Morgan fingerprint density at radius 1 is 1.04 bits per heavy atom. The quantitative estimate of drug-likeness (QED) is 0.480. The molecule has 2 aromatic rings. The summed E-state index contributed by atoms with van der Waals surface area (Å²) in [5.74, 6) is 0.563. The minimum absolute atomic E-state index is 0.284. The van der Waals surface area contributed by atoms with E-state index >= 15 is 0 Å². The zero-order valence-electron chi connectivity index (χ0n) is 16.2. The summed E-state index contributed by atoms with van der Waals surface area (Å²) in [6, 6.07) is 11.9. The number of hydrogen-bond acceptors (Lipinski definition) is 4. The van der Waals surface area contributed by atoms with Gasteiger partial charge in [-0.15, -0.1) is 0 Å². The second-order valence-electron chi connectivity index (χ2n) is 6.11. The number of rotatable bonds is 10. The first-order valence-corrected chi connectivity index (χ1v) is 9.32. The van der Waals surface area contributed by atoms with Gasteiger partial charge in [0.2, 0.25) is 11.8 Å². The van der Waals surface area contributed by atoms with Crippen LogP contribution in [0.15, 0.2) is 48.5 Å². The normalized spacial score (nSPS) is 10.6. The molecule has 0 aliphatic heterocycles. The van der Waals surface area contributed by atoms with Crippen LogP contribution >= 0.6 is 0 Å². The summed E-state index contributed by atoms with van der Waals surface area (Å²) < 4.78 is 11.4. The van der Waals surface area contributed by atoms with Crippen molar-refractivity contribution in [2.24, 2.45) is 5.73 Å². The highest BCUT2D eigenvalue weighted by Crippen LogP contribution is 2.29. The third-order valence-electron chi connectivity index (χ3n) is 3.89. The number of amides is 2. The zero-order chi connectivity index (χ0) is 20.4. The first-order chi connectivity index (χ1) is 13.5. The van der Waals surface area contributed by atoms with E-state index in [1.165, 1.54) is 6.08 Å².